The van der Waals surface area contributed by atoms with Crippen LogP contribution in [0.5, 0.6) is 5.75 Å². The summed E-state index contributed by atoms with van der Waals surface area (Å²) in [6.07, 6.45) is 1.34. The quantitative estimate of drug-likeness (QED) is 0.528. The molecule has 3 rings (SSSR count). The monoisotopic (exact) mass is 273 g/mol. The van der Waals surface area contributed by atoms with Gasteiger partial charge in [-0.05, 0) is 24.3 Å². The third kappa shape index (κ3) is 2.30. The van der Waals surface area contributed by atoms with Crippen molar-refractivity contribution in [2.24, 2.45) is 0 Å². The van der Waals surface area contributed by atoms with Crippen LogP contribution < -0.4 is 4.74 Å². The van der Waals surface area contributed by atoms with Crippen molar-refractivity contribution < 1.29 is 13.9 Å². The van der Waals surface area contributed by atoms with Crippen LogP contribution in [-0.2, 0) is 0 Å². The van der Waals surface area contributed by atoms with Crippen LogP contribution in [0.25, 0.3) is 11.1 Å². The van der Waals surface area contributed by atoms with E-state index in [0.29, 0.717) is 27.4 Å². The Balaban J connectivity index is 1.88. The maximum absolute atomic E-state index is 12.0. The molecular formula is C14H8ClNO3. The van der Waals surface area contributed by atoms with Gasteiger partial charge in [-0.15, -0.1) is 0 Å². The van der Waals surface area contributed by atoms with E-state index >= 15 is 0 Å². The smallest absolute Gasteiger partial charge is 0.345 e. The molecule has 0 aliphatic rings. The van der Waals surface area contributed by atoms with Crippen molar-refractivity contribution in [2.45, 2.75) is 0 Å². The third-order valence-electron chi connectivity index (χ3n) is 2.61. The average Bonchev–Trinajstić information content (AvgIpc) is 2.86. The molecular weight excluding hydrogens is 266 g/mol. The van der Waals surface area contributed by atoms with Crippen LogP contribution in [0.15, 0.2) is 53.3 Å². The molecule has 0 N–H and O–H groups in total. The van der Waals surface area contributed by atoms with Crippen molar-refractivity contribution in [3.8, 4) is 5.75 Å². The molecule has 3 aromatic rings. The van der Waals surface area contributed by atoms with Crippen LogP contribution in [-0.4, -0.2) is 11.0 Å². The fourth-order valence-corrected chi connectivity index (χ4v) is 1.90. The molecule has 0 saturated heterocycles. The predicted molar refractivity (Wildman–Crippen MR) is 70.4 cm³/mol. The van der Waals surface area contributed by atoms with Gasteiger partial charge in [0.2, 0.25) is 0 Å². The van der Waals surface area contributed by atoms with Crippen LogP contribution in [0.4, 0.5) is 0 Å². The Morgan fingerprint density at radius 1 is 1.21 bits per heavy atom. The fourth-order valence-electron chi connectivity index (χ4n) is 1.69. The first kappa shape index (κ1) is 11.7. The lowest BCUT2D eigenvalue weighted by Crippen LogP contribution is -2.08. The summed E-state index contributed by atoms with van der Waals surface area (Å²) in [5.41, 5.74) is 1.59. The Morgan fingerprint density at radius 2 is 2.05 bits per heavy atom. The molecule has 0 aliphatic carbocycles. The van der Waals surface area contributed by atoms with Crippen molar-refractivity contribution in [3.05, 3.63) is 59.4 Å². The molecule has 0 fully saturated rings. The van der Waals surface area contributed by atoms with E-state index in [-0.39, 0.29) is 0 Å². The van der Waals surface area contributed by atoms with E-state index in [0.717, 1.165) is 0 Å². The van der Waals surface area contributed by atoms with E-state index in [2.05, 4.69) is 4.98 Å². The maximum atomic E-state index is 12.0. The minimum Gasteiger partial charge on any atom is -0.443 e. The van der Waals surface area contributed by atoms with E-state index in [1.165, 1.54) is 6.39 Å². The molecule has 5 heteroatoms. The molecule has 0 saturated carbocycles. The van der Waals surface area contributed by atoms with Crippen molar-refractivity contribution in [3.63, 3.8) is 0 Å². The van der Waals surface area contributed by atoms with E-state index in [1.807, 2.05) is 0 Å². The summed E-state index contributed by atoms with van der Waals surface area (Å²) in [4.78, 5) is 16.0. The van der Waals surface area contributed by atoms with Gasteiger partial charge in [-0.1, -0.05) is 23.7 Å². The van der Waals surface area contributed by atoms with Crippen LogP contribution in [0.1, 0.15) is 10.4 Å². The zero-order valence-corrected chi connectivity index (χ0v) is 10.4. The molecule has 0 amide bonds. The molecule has 1 aromatic heterocycles. The summed E-state index contributed by atoms with van der Waals surface area (Å²) in [5, 5.41) is 0.356. The molecule has 0 unspecified atom stereocenters. The Labute approximate surface area is 113 Å². The Bertz CT molecular complexity index is 751. The highest BCUT2D eigenvalue weighted by molar-refractivity contribution is 6.33. The topological polar surface area (TPSA) is 52.3 Å². The molecule has 94 valence electrons. The molecule has 19 heavy (non-hydrogen) atoms. The molecule has 0 spiro atoms. The van der Waals surface area contributed by atoms with Gasteiger partial charge in [0, 0.05) is 6.07 Å². The van der Waals surface area contributed by atoms with Crippen molar-refractivity contribution in [2.75, 3.05) is 0 Å². The lowest BCUT2D eigenvalue weighted by Gasteiger charge is -2.05. The second-order valence-corrected chi connectivity index (χ2v) is 4.26. The number of rotatable bonds is 2. The summed E-state index contributed by atoms with van der Waals surface area (Å²) >= 11 is 5.93. The second kappa shape index (κ2) is 4.74. The summed E-state index contributed by atoms with van der Waals surface area (Å²) in [6.45, 7) is 0. The molecule has 2 aromatic carbocycles. The Kier molecular flexibility index (Phi) is 2.93. The number of carbonyl (C=O) groups is 1. The van der Waals surface area contributed by atoms with Gasteiger partial charge in [-0.25, -0.2) is 9.78 Å². The molecule has 1 heterocycles. The van der Waals surface area contributed by atoms with Crippen LogP contribution >= 0.6 is 11.6 Å². The number of hydrogen-bond acceptors (Lipinski definition) is 4. The first-order valence-electron chi connectivity index (χ1n) is 5.54. The molecule has 4 nitrogen and oxygen atoms in total. The number of esters is 1. The predicted octanol–water partition coefficient (Wildman–Crippen LogP) is 3.70. The van der Waals surface area contributed by atoms with Crippen molar-refractivity contribution in [1.82, 2.24) is 4.98 Å². The minimum atomic E-state index is -0.506. The van der Waals surface area contributed by atoms with Crippen LogP contribution in [0.2, 0.25) is 5.02 Å². The van der Waals surface area contributed by atoms with Gasteiger partial charge in [-0.2, -0.15) is 0 Å². The van der Waals surface area contributed by atoms with Crippen molar-refractivity contribution in [1.29, 1.82) is 0 Å². The van der Waals surface area contributed by atoms with Gasteiger partial charge in [-0.3, -0.25) is 0 Å². The Hall–Kier alpha value is -2.33. The largest absolute Gasteiger partial charge is 0.443 e. The van der Waals surface area contributed by atoms with Gasteiger partial charge in [0.05, 0.1) is 10.6 Å². The van der Waals surface area contributed by atoms with Crippen molar-refractivity contribution >= 4 is 28.7 Å². The summed E-state index contributed by atoms with van der Waals surface area (Å²) < 4.78 is 10.4. The molecule has 0 aliphatic heterocycles. The van der Waals surface area contributed by atoms with E-state index in [1.54, 1.807) is 42.5 Å². The number of benzene rings is 2. The zero-order chi connectivity index (χ0) is 13.2. The van der Waals surface area contributed by atoms with E-state index in [9.17, 15) is 4.79 Å². The number of ether oxygens (including phenoxy) is 1. The maximum Gasteiger partial charge on any atom is 0.345 e. The highest BCUT2D eigenvalue weighted by atomic mass is 35.5. The number of fused-ring (bicyclic) bond motifs is 1. The summed E-state index contributed by atoms with van der Waals surface area (Å²) in [6, 6.07) is 11.7. The average molecular weight is 274 g/mol. The summed E-state index contributed by atoms with van der Waals surface area (Å²) in [7, 11) is 0. The number of carbonyl (C=O) groups excluding carboxylic acids is 1. The minimum absolute atomic E-state index is 0.324. The lowest BCUT2D eigenvalue weighted by molar-refractivity contribution is 0.0735. The normalized spacial score (nSPS) is 10.6. The van der Waals surface area contributed by atoms with Gasteiger partial charge in [0.15, 0.2) is 12.0 Å². The van der Waals surface area contributed by atoms with Gasteiger partial charge in [0.1, 0.15) is 11.3 Å². The number of aromatic nitrogens is 1. The molecule has 0 atom stereocenters. The number of oxazole rings is 1. The fraction of sp³-hybridized carbons (Fsp3) is 0. The SMILES string of the molecule is O=C(Oc1ccc2ocnc2c1)c1ccccc1Cl. The van der Waals surface area contributed by atoms with E-state index in [4.69, 9.17) is 20.8 Å². The second-order valence-electron chi connectivity index (χ2n) is 3.85. The van der Waals surface area contributed by atoms with E-state index < -0.39 is 5.97 Å². The molecule has 0 bridgehead atoms. The Morgan fingerprint density at radius 3 is 2.89 bits per heavy atom. The van der Waals surface area contributed by atoms with Crippen LogP contribution in [0.3, 0.4) is 0 Å². The van der Waals surface area contributed by atoms with Gasteiger partial charge < -0.3 is 9.15 Å². The zero-order valence-electron chi connectivity index (χ0n) is 9.67. The first-order chi connectivity index (χ1) is 9.24. The number of halogens is 1. The standard InChI is InChI=1S/C14H8ClNO3/c15-11-4-2-1-3-10(11)14(17)19-9-5-6-13-12(7-9)16-8-18-13/h1-8H. The number of hydrogen-bond donors (Lipinski definition) is 0. The highest BCUT2D eigenvalue weighted by Gasteiger charge is 2.12. The van der Waals surface area contributed by atoms with Crippen LogP contribution in [0, 0.1) is 0 Å². The number of nitrogens with zero attached hydrogens (tertiary/aromatic N) is 1. The van der Waals surface area contributed by atoms with Gasteiger partial charge in [0.25, 0.3) is 0 Å². The highest BCUT2D eigenvalue weighted by Crippen LogP contribution is 2.22. The molecule has 0 radical (unpaired) electrons. The lowest BCUT2D eigenvalue weighted by atomic mass is 10.2. The third-order valence-corrected chi connectivity index (χ3v) is 2.94. The first-order valence-corrected chi connectivity index (χ1v) is 5.92. The van der Waals surface area contributed by atoms with Gasteiger partial charge >= 0.3 is 5.97 Å². The summed E-state index contributed by atoms with van der Waals surface area (Å²) in [5.74, 6) is -0.111.